The molecule has 0 spiro atoms. The minimum absolute atomic E-state index is 0.0751. The van der Waals surface area contributed by atoms with E-state index >= 15 is 0 Å². The second-order valence-corrected chi connectivity index (χ2v) is 4.52. The normalized spacial score (nSPS) is 13.1. The molecule has 0 aromatic heterocycles. The van der Waals surface area contributed by atoms with Gasteiger partial charge in [-0.05, 0) is 18.2 Å². The Hall–Kier alpha value is -2.83. The Balaban J connectivity index is 1.95. The number of nitrogens with two attached hydrogens (primary N) is 1. The fraction of sp³-hybridized carbons (Fsp3) is 0.0714. The highest BCUT2D eigenvalue weighted by atomic mass is 19.1. The number of fused-ring (bicyclic) bond motifs is 1. The predicted octanol–water partition coefficient (Wildman–Crippen LogP) is 2.62. The summed E-state index contributed by atoms with van der Waals surface area (Å²) in [7, 11) is 0. The van der Waals surface area contributed by atoms with Crippen molar-refractivity contribution in [2.24, 2.45) is 0 Å². The number of nitrogen functional groups attached to an aromatic ring is 1. The zero-order valence-electron chi connectivity index (χ0n) is 10.7. The topological polar surface area (TPSA) is 76.4 Å². The number of carbonyl (C=O) groups is 1. The van der Waals surface area contributed by atoms with Gasteiger partial charge in [-0.15, -0.1) is 0 Å². The molecule has 2 aromatic carbocycles. The van der Waals surface area contributed by atoms with E-state index in [2.05, 4.69) is 10.6 Å². The smallest absolute Gasteiger partial charge is 0.262 e. The summed E-state index contributed by atoms with van der Waals surface area (Å²) >= 11 is 0. The molecule has 0 aliphatic carbocycles. The molecular formula is C14H11F2N3O2. The molecule has 1 heterocycles. The van der Waals surface area contributed by atoms with Gasteiger partial charge in [0.25, 0.3) is 5.91 Å². The minimum atomic E-state index is -0.743. The highest BCUT2D eigenvalue weighted by Crippen LogP contribution is 2.36. The molecule has 4 N–H and O–H groups in total. The summed E-state index contributed by atoms with van der Waals surface area (Å²) in [6, 6.07) is 6.22. The Labute approximate surface area is 118 Å². The monoisotopic (exact) mass is 291 g/mol. The molecule has 0 saturated heterocycles. The SMILES string of the molecule is Nc1cc2c(cc1Nc1ccc(F)cc1F)NC(=O)CO2. The van der Waals surface area contributed by atoms with E-state index in [-0.39, 0.29) is 18.2 Å². The molecule has 0 radical (unpaired) electrons. The average molecular weight is 291 g/mol. The van der Waals surface area contributed by atoms with Crippen molar-refractivity contribution in [3.8, 4) is 5.75 Å². The molecule has 21 heavy (non-hydrogen) atoms. The van der Waals surface area contributed by atoms with Gasteiger partial charge < -0.3 is 21.1 Å². The summed E-state index contributed by atoms with van der Waals surface area (Å²) in [6.45, 7) is -0.0776. The van der Waals surface area contributed by atoms with Crippen LogP contribution in [0.2, 0.25) is 0 Å². The molecule has 2 aromatic rings. The fourth-order valence-corrected chi connectivity index (χ4v) is 1.99. The van der Waals surface area contributed by atoms with Gasteiger partial charge in [0.2, 0.25) is 0 Å². The molecule has 5 nitrogen and oxygen atoms in total. The summed E-state index contributed by atoms with van der Waals surface area (Å²) in [5, 5.41) is 5.38. The first-order valence-electron chi connectivity index (χ1n) is 6.11. The first-order chi connectivity index (χ1) is 10.0. The van der Waals surface area contributed by atoms with Gasteiger partial charge in [-0.25, -0.2) is 8.78 Å². The van der Waals surface area contributed by atoms with Gasteiger partial charge in [0.15, 0.2) is 6.61 Å². The van der Waals surface area contributed by atoms with E-state index in [4.69, 9.17) is 10.5 Å². The van der Waals surface area contributed by atoms with Crippen molar-refractivity contribution >= 4 is 28.7 Å². The van der Waals surface area contributed by atoms with Gasteiger partial charge in [0, 0.05) is 12.1 Å². The van der Waals surface area contributed by atoms with Gasteiger partial charge in [-0.3, -0.25) is 4.79 Å². The van der Waals surface area contributed by atoms with Crippen molar-refractivity contribution in [1.82, 2.24) is 0 Å². The average Bonchev–Trinajstić information content (AvgIpc) is 2.43. The summed E-state index contributed by atoms with van der Waals surface area (Å²) in [4.78, 5) is 11.3. The van der Waals surface area contributed by atoms with Crippen LogP contribution in [0.25, 0.3) is 0 Å². The number of rotatable bonds is 2. The van der Waals surface area contributed by atoms with Gasteiger partial charge in [-0.1, -0.05) is 0 Å². The molecule has 0 atom stereocenters. The molecule has 0 unspecified atom stereocenters. The van der Waals surface area contributed by atoms with Crippen molar-refractivity contribution in [3.05, 3.63) is 42.0 Å². The molecule has 1 aliphatic heterocycles. The second kappa shape index (κ2) is 4.93. The first-order valence-corrected chi connectivity index (χ1v) is 6.11. The van der Waals surface area contributed by atoms with E-state index in [1.165, 1.54) is 18.2 Å². The van der Waals surface area contributed by atoms with Crippen LogP contribution in [0.1, 0.15) is 0 Å². The first kappa shape index (κ1) is 13.2. The number of halogens is 2. The van der Waals surface area contributed by atoms with Gasteiger partial charge in [-0.2, -0.15) is 0 Å². The van der Waals surface area contributed by atoms with Crippen LogP contribution >= 0.6 is 0 Å². The Morgan fingerprint density at radius 1 is 1.19 bits per heavy atom. The van der Waals surface area contributed by atoms with E-state index in [1.54, 1.807) is 0 Å². The lowest BCUT2D eigenvalue weighted by molar-refractivity contribution is -0.118. The standard InChI is InChI=1S/C14H11F2N3O2/c15-7-1-2-10(8(16)3-7)18-11-5-12-13(4-9(11)17)21-6-14(20)19-12/h1-5,18H,6,17H2,(H,19,20). The van der Waals surface area contributed by atoms with E-state index < -0.39 is 11.6 Å². The van der Waals surface area contributed by atoms with E-state index in [0.29, 0.717) is 22.8 Å². The minimum Gasteiger partial charge on any atom is -0.482 e. The molecule has 108 valence electrons. The van der Waals surface area contributed by atoms with E-state index in [1.807, 2.05) is 0 Å². The van der Waals surface area contributed by atoms with Crippen LogP contribution in [-0.4, -0.2) is 12.5 Å². The lowest BCUT2D eigenvalue weighted by Gasteiger charge is -2.20. The van der Waals surface area contributed by atoms with Crippen molar-refractivity contribution < 1.29 is 18.3 Å². The van der Waals surface area contributed by atoms with Crippen molar-refractivity contribution in [2.45, 2.75) is 0 Å². The maximum atomic E-state index is 13.6. The second-order valence-electron chi connectivity index (χ2n) is 4.52. The summed E-state index contributed by atoms with van der Waals surface area (Å²) in [6.07, 6.45) is 0. The maximum Gasteiger partial charge on any atom is 0.262 e. The highest BCUT2D eigenvalue weighted by Gasteiger charge is 2.18. The lowest BCUT2D eigenvalue weighted by Crippen LogP contribution is -2.25. The number of hydrogen-bond donors (Lipinski definition) is 3. The van der Waals surface area contributed by atoms with Crippen LogP contribution < -0.4 is 21.1 Å². The third kappa shape index (κ3) is 2.58. The number of anilines is 4. The zero-order valence-corrected chi connectivity index (χ0v) is 10.7. The Morgan fingerprint density at radius 3 is 2.76 bits per heavy atom. The Kier molecular flexibility index (Phi) is 3.09. The Bertz CT molecular complexity index is 734. The third-order valence-electron chi connectivity index (χ3n) is 2.99. The summed E-state index contributed by atoms with van der Waals surface area (Å²) in [5.41, 5.74) is 7.06. The number of benzene rings is 2. The van der Waals surface area contributed by atoms with Gasteiger partial charge in [0.05, 0.1) is 22.7 Å². The summed E-state index contributed by atoms with van der Waals surface area (Å²) in [5.74, 6) is -1.26. The maximum absolute atomic E-state index is 13.6. The fourth-order valence-electron chi connectivity index (χ4n) is 1.99. The van der Waals surface area contributed by atoms with Crippen LogP contribution in [0.4, 0.5) is 31.5 Å². The molecule has 7 heteroatoms. The van der Waals surface area contributed by atoms with E-state index in [0.717, 1.165) is 12.1 Å². The number of hydrogen-bond acceptors (Lipinski definition) is 4. The number of amides is 1. The van der Waals surface area contributed by atoms with Crippen LogP contribution in [0.5, 0.6) is 5.75 Å². The number of nitrogens with one attached hydrogen (secondary N) is 2. The summed E-state index contributed by atoms with van der Waals surface area (Å²) < 4.78 is 31.7. The van der Waals surface area contributed by atoms with Gasteiger partial charge >= 0.3 is 0 Å². The van der Waals surface area contributed by atoms with Crippen molar-refractivity contribution in [1.29, 1.82) is 0 Å². The van der Waals surface area contributed by atoms with Crippen LogP contribution in [0.15, 0.2) is 30.3 Å². The molecule has 0 fully saturated rings. The van der Waals surface area contributed by atoms with Gasteiger partial charge in [0.1, 0.15) is 17.4 Å². The molecule has 0 bridgehead atoms. The molecule has 1 aliphatic rings. The Morgan fingerprint density at radius 2 is 2.00 bits per heavy atom. The molecule has 1 amide bonds. The van der Waals surface area contributed by atoms with Crippen LogP contribution in [0, 0.1) is 11.6 Å². The molecular weight excluding hydrogens is 280 g/mol. The van der Waals surface area contributed by atoms with Crippen molar-refractivity contribution in [2.75, 3.05) is 23.0 Å². The number of ether oxygens (including phenoxy) is 1. The number of carbonyl (C=O) groups excluding carboxylic acids is 1. The van der Waals surface area contributed by atoms with Crippen molar-refractivity contribution in [3.63, 3.8) is 0 Å². The third-order valence-corrected chi connectivity index (χ3v) is 2.99. The van der Waals surface area contributed by atoms with E-state index in [9.17, 15) is 13.6 Å². The highest BCUT2D eigenvalue weighted by molar-refractivity contribution is 5.97. The largest absolute Gasteiger partial charge is 0.482 e. The zero-order chi connectivity index (χ0) is 15.0. The predicted molar refractivity (Wildman–Crippen MR) is 74.6 cm³/mol. The van der Waals surface area contributed by atoms with Crippen LogP contribution in [0.3, 0.4) is 0 Å². The molecule has 0 saturated carbocycles. The quantitative estimate of drug-likeness (QED) is 0.743. The molecule has 3 rings (SSSR count). The van der Waals surface area contributed by atoms with Crippen LogP contribution in [-0.2, 0) is 4.79 Å². The lowest BCUT2D eigenvalue weighted by atomic mass is 10.2.